The van der Waals surface area contributed by atoms with Gasteiger partial charge < -0.3 is 4.74 Å². The summed E-state index contributed by atoms with van der Waals surface area (Å²) in [5, 5.41) is 0. The third kappa shape index (κ3) is 1.44. The summed E-state index contributed by atoms with van der Waals surface area (Å²) in [5.74, 6) is -0.0423. The van der Waals surface area contributed by atoms with Crippen LogP contribution >= 0.6 is 0 Å². The van der Waals surface area contributed by atoms with Crippen LogP contribution in [0.15, 0.2) is 11.1 Å². The second kappa shape index (κ2) is 3.07. The van der Waals surface area contributed by atoms with E-state index in [4.69, 9.17) is 4.74 Å². The number of ether oxygens (including phenoxy) is 1. The molecule has 11 heavy (non-hydrogen) atoms. The number of carbonyl (C=O) groups is 1. The molecule has 0 N–H and O–H groups in total. The van der Waals surface area contributed by atoms with E-state index in [9.17, 15) is 4.79 Å². The van der Waals surface area contributed by atoms with Crippen LogP contribution in [0.4, 0.5) is 0 Å². The first-order valence-electron chi connectivity index (χ1n) is 3.99. The maximum absolute atomic E-state index is 11.1. The molecule has 0 aromatic rings. The Bertz CT molecular complexity index is 204. The summed E-state index contributed by atoms with van der Waals surface area (Å²) in [5.41, 5.74) is 2.40. The zero-order valence-electron chi connectivity index (χ0n) is 7.31. The third-order valence-electron chi connectivity index (χ3n) is 2.32. The fourth-order valence-corrected chi connectivity index (χ4v) is 1.34. The van der Waals surface area contributed by atoms with Gasteiger partial charge in [0.25, 0.3) is 0 Å². The van der Waals surface area contributed by atoms with Crippen LogP contribution in [0.3, 0.4) is 0 Å². The summed E-state index contributed by atoms with van der Waals surface area (Å²) in [6.07, 6.45) is 0.849. The van der Waals surface area contributed by atoms with Gasteiger partial charge in [0.05, 0.1) is 5.92 Å². The number of rotatable bonds is 1. The van der Waals surface area contributed by atoms with Gasteiger partial charge in [-0.1, -0.05) is 12.5 Å². The standard InChI is InChI=1S/C9H14O2/c1-4-8-7(3)6(2)5-11-9(8)10/h8H,4-5H2,1-3H3. The summed E-state index contributed by atoms with van der Waals surface area (Å²) >= 11 is 0. The Morgan fingerprint density at radius 2 is 2.18 bits per heavy atom. The van der Waals surface area contributed by atoms with Crippen LogP contribution in [-0.2, 0) is 9.53 Å². The molecule has 0 saturated carbocycles. The first-order valence-corrected chi connectivity index (χ1v) is 3.99. The van der Waals surface area contributed by atoms with Crippen molar-refractivity contribution in [3.63, 3.8) is 0 Å². The van der Waals surface area contributed by atoms with Gasteiger partial charge in [-0.25, -0.2) is 0 Å². The van der Waals surface area contributed by atoms with Gasteiger partial charge in [0, 0.05) is 0 Å². The lowest BCUT2D eigenvalue weighted by atomic mass is 9.92. The Kier molecular flexibility index (Phi) is 2.32. The molecular weight excluding hydrogens is 140 g/mol. The quantitative estimate of drug-likeness (QED) is 0.426. The molecule has 1 rings (SSSR count). The van der Waals surface area contributed by atoms with E-state index in [1.807, 2.05) is 20.8 Å². The Morgan fingerprint density at radius 1 is 1.55 bits per heavy atom. The van der Waals surface area contributed by atoms with E-state index in [0.29, 0.717) is 6.61 Å². The van der Waals surface area contributed by atoms with Gasteiger partial charge in [0.15, 0.2) is 0 Å². The highest BCUT2D eigenvalue weighted by atomic mass is 16.5. The van der Waals surface area contributed by atoms with E-state index in [2.05, 4.69) is 0 Å². The normalized spacial score (nSPS) is 25.4. The van der Waals surface area contributed by atoms with Crippen molar-refractivity contribution in [2.24, 2.45) is 5.92 Å². The minimum Gasteiger partial charge on any atom is -0.461 e. The van der Waals surface area contributed by atoms with Crippen LogP contribution in [0.5, 0.6) is 0 Å². The third-order valence-corrected chi connectivity index (χ3v) is 2.32. The minimum atomic E-state index is -0.0596. The van der Waals surface area contributed by atoms with Crippen molar-refractivity contribution in [2.45, 2.75) is 27.2 Å². The van der Waals surface area contributed by atoms with Gasteiger partial charge in [-0.2, -0.15) is 0 Å². The lowest BCUT2D eigenvalue weighted by Gasteiger charge is -2.22. The topological polar surface area (TPSA) is 26.3 Å². The SMILES string of the molecule is CCC1C(=O)OCC(C)=C1C. The largest absolute Gasteiger partial charge is 0.461 e. The number of esters is 1. The number of hydrogen-bond donors (Lipinski definition) is 0. The van der Waals surface area contributed by atoms with Gasteiger partial charge in [-0.05, 0) is 25.8 Å². The summed E-state index contributed by atoms with van der Waals surface area (Å²) in [6, 6.07) is 0. The average Bonchev–Trinajstić information content (AvgIpc) is 1.99. The van der Waals surface area contributed by atoms with Crippen molar-refractivity contribution in [2.75, 3.05) is 6.61 Å². The number of carbonyl (C=O) groups excluding carboxylic acids is 1. The number of cyclic esters (lactones) is 1. The molecule has 1 atom stereocenters. The molecule has 1 unspecified atom stereocenters. The maximum Gasteiger partial charge on any atom is 0.313 e. The van der Waals surface area contributed by atoms with Gasteiger partial charge in [0.2, 0.25) is 0 Å². The Morgan fingerprint density at radius 3 is 2.64 bits per heavy atom. The molecule has 0 radical (unpaired) electrons. The molecule has 2 nitrogen and oxygen atoms in total. The predicted molar refractivity (Wildman–Crippen MR) is 43.1 cm³/mol. The Balaban J connectivity index is 2.87. The molecule has 0 saturated heterocycles. The zero-order chi connectivity index (χ0) is 8.43. The second-order valence-corrected chi connectivity index (χ2v) is 3.03. The van der Waals surface area contributed by atoms with Crippen LogP contribution in [0, 0.1) is 5.92 Å². The molecule has 0 amide bonds. The van der Waals surface area contributed by atoms with Crippen molar-refractivity contribution < 1.29 is 9.53 Å². The van der Waals surface area contributed by atoms with Gasteiger partial charge >= 0.3 is 5.97 Å². The summed E-state index contributed by atoms with van der Waals surface area (Å²) in [7, 11) is 0. The highest BCUT2D eigenvalue weighted by molar-refractivity contribution is 5.77. The molecule has 0 spiro atoms. The smallest absolute Gasteiger partial charge is 0.313 e. The fourth-order valence-electron chi connectivity index (χ4n) is 1.34. The van der Waals surface area contributed by atoms with E-state index in [1.54, 1.807) is 0 Å². The lowest BCUT2D eigenvalue weighted by molar-refractivity contribution is -0.147. The first-order chi connectivity index (χ1) is 5.16. The van der Waals surface area contributed by atoms with Crippen molar-refractivity contribution >= 4 is 5.97 Å². The van der Waals surface area contributed by atoms with E-state index in [0.717, 1.165) is 6.42 Å². The van der Waals surface area contributed by atoms with Crippen molar-refractivity contribution in [3.05, 3.63) is 11.1 Å². The zero-order valence-corrected chi connectivity index (χ0v) is 7.31. The molecule has 0 fully saturated rings. The molecular formula is C9H14O2. The van der Waals surface area contributed by atoms with Crippen LogP contribution in [0.2, 0.25) is 0 Å². The molecule has 0 aromatic heterocycles. The highest BCUT2D eigenvalue weighted by Crippen LogP contribution is 2.24. The molecule has 62 valence electrons. The average molecular weight is 154 g/mol. The van der Waals surface area contributed by atoms with Crippen molar-refractivity contribution in [3.8, 4) is 0 Å². The van der Waals surface area contributed by atoms with Crippen LogP contribution in [0.25, 0.3) is 0 Å². The predicted octanol–water partition coefficient (Wildman–Crippen LogP) is 1.91. The van der Waals surface area contributed by atoms with E-state index in [-0.39, 0.29) is 11.9 Å². The molecule has 0 bridgehead atoms. The van der Waals surface area contributed by atoms with Gasteiger partial charge in [-0.15, -0.1) is 0 Å². The highest BCUT2D eigenvalue weighted by Gasteiger charge is 2.25. The molecule has 1 heterocycles. The lowest BCUT2D eigenvalue weighted by Crippen LogP contribution is -2.25. The van der Waals surface area contributed by atoms with E-state index >= 15 is 0 Å². The summed E-state index contributed by atoms with van der Waals surface area (Å²) in [6.45, 7) is 6.53. The summed E-state index contributed by atoms with van der Waals surface area (Å²) < 4.78 is 4.97. The van der Waals surface area contributed by atoms with Crippen molar-refractivity contribution in [1.82, 2.24) is 0 Å². The van der Waals surface area contributed by atoms with Crippen LogP contribution < -0.4 is 0 Å². The maximum atomic E-state index is 11.1. The first kappa shape index (κ1) is 8.31. The van der Waals surface area contributed by atoms with E-state index < -0.39 is 0 Å². The molecule has 1 aliphatic rings. The van der Waals surface area contributed by atoms with Gasteiger partial charge in [-0.3, -0.25) is 4.79 Å². The molecule has 0 aromatic carbocycles. The Hall–Kier alpha value is -0.790. The van der Waals surface area contributed by atoms with Crippen LogP contribution in [-0.4, -0.2) is 12.6 Å². The van der Waals surface area contributed by atoms with E-state index in [1.165, 1.54) is 11.1 Å². The minimum absolute atomic E-state index is 0.0174. The fraction of sp³-hybridized carbons (Fsp3) is 0.667. The molecule has 0 aliphatic carbocycles. The second-order valence-electron chi connectivity index (χ2n) is 3.03. The summed E-state index contributed by atoms with van der Waals surface area (Å²) in [4.78, 5) is 11.1. The van der Waals surface area contributed by atoms with Gasteiger partial charge in [0.1, 0.15) is 6.61 Å². The molecule has 2 heteroatoms. The monoisotopic (exact) mass is 154 g/mol. The molecule has 1 aliphatic heterocycles. The van der Waals surface area contributed by atoms with Crippen LogP contribution in [0.1, 0.15) is 27.2 Å². The number of hydrogen-bond acceptors (Lipinski definition) is 2. The Labute approximate surface area is 67.2 Å². The van der Waals surface area contributed by atoms with Crippen molar-refractivity contribution in [1.29, 1.82) is 0 Å².